The number of carboxylic acid groups (broad SMARTS) is 1. The molecule has 0 bridgehead atoms. The summed E-state index contributed by atoms with van der Waals surface area (Å²) in [7, 11) is 0. The van der Waals surface area contributed by atoms with Crippen molar-refractivity contribution in [2.75, 3.05) is 6.54 Å². The van der Waals surface area contributed by atoms with Crippen LogP contribution in [0.4, 0.5) is 0 Å². The van der Waals surface area contributed by atoms with E-state index in [1.807, 2.05) is 0 Å². The predicted octanol–water partition coefficient (Wildman–Crippen LogP) is 1.06. The van der Waals surface area contributed by atoms with E-state index in [9.17, 15) is 14.7 Å². The molecule has 1 aliphatic rings. The molecule has 20 heavy (non-hydrogen) atoms. The Hall–Kier alpha value is -1.95. The zero-order valence-corrected chi connectivity index (χ0v) is 11.1. The highest BCUT2D eigenvalue weighted by molar-refractivity contribution is 6.03. The van der Waals surface area contributed by atoms with Crippen LogP contribution in [0, 0.1) is 5.92 Å². The van der Waals surface area contributed by atoms with Gasteiger partial charge in [-0.3, -0.25) is 9.78 Å². The minimum atomic E-state index is -1.17. The number of aromatic carboxylic acids is 1. The summed E-state index contributed by atoms with van der Waals surface area (Å²) in [6.07, 6.45) is 4.50. The molecule has 1 aromatic heterocycles. The molecule has 0 aromatic carbocycles. The molecule has 108 valence electrons. The number of aromatic nitrogens is 1. The molecule has 1 amide bonds. The van der Waals surface area contributed by atoms with Gasteiger partial charge in [0.05, 0.1) is 11.7 Å². The van der Waals surface area contributed by atoms with E-state index in [1.165, 1.54) is 18.3 Å². The standard InChI is InChI=1S/C14H18N2O4/c17-10-4-1-3-9(7-10)8-16-13(18)12-11(14(19)20)5-2-6-15-12/h2,5-6,9-10,17H,1,3-4,7-8H2,(H,16,18)(H,19,20). The highest BCUT2D eigenvalue weighted by Gasteiger charge is 2.22. The van der Waals surface area contributed by atoms with Crippen molar-refractivity contribution in [1.29, 1.82) is 0 Å². The van der Waals surface area contributed by atoms with E-state index >= 15 is 0 Å². The van der Waals surface area contributed by atoms with Crippen LogP contribution in [0.5, 0.6) is 0 Å². The summed E-state index contributed by atoms with van der Waals surface area (Å²) in [5, 5.41) is 21.3. The third kappa shape index (κ3) is 3.54. The fraction of sp³-hybridized carbons (Fsp3) is 0.500. The van der Waals surface area contributed by atoms with Crippen LogP contribution in [0.1, 0.15) is 46.5 Å². The largest absolute Gasteiger partial charge is 0.478 e. The Morgan fingerprint density at radius 3 is 2.90 bits per heavy atom. The zero-order chi connectivity index (χ0) is 14.5. The van der Waals surface area contributed by atoms with Crippen molar-refractivity contribution in [1.82, 2.24) is 10.3 Å². The summed E-state index contributed by atoms with van der Waals surface area (Å²) in [6.45, 7) is 0.436. The van der Waals surface area contributed by atoms with E-state index in [0.29, 0.717) is 13.0 Å². The van der Waals surface area contributed by atoms with E-state index in [2.05, 4.69) is 10.3 Å². The Kier molecular flexibility index (Phi) is 4.68. The predicted molar refractivity (Wildman–Crippen MR) is 71.5 cm³/mol. The maximum atomic E-state index is 12.0. The van der Waals surface area contributed by atoms with Gasteiger partial charge in [0.2, 0.25) is 0 Å². The molecule has 1 saturated carbocycles. The molecule has 3 N–H and O–H groups in total. The number of carbonyl (C=O) groups excluding carboxylic acids is 1. The molecular weight excluding hydrogens is 260 g/mol. The lowest BCUT2D eigenvalue weighted by molar-refractivity contribution is 0.0689. The van der Waals surface area contributed by atoms with Gasteiger partial charge in [-0.05, 0) is 37.3 Å². The normalized spacial score (nSPS) is 22.2. The van der Waals surface area contributed by atoms with Crippen molar-refractivity contribution >= 4 is 11.9 Å². The maximum Gasteiger partial charge on any atom is 0.338 e. The Balaban J connectivity index is 1.97. The number of carbonyl (C=O) groups is 2. The SMILES string of the molecule is O=C(O)c1cccnc1C(=O)NCC1CCCC(O)C1. The topological polar surface area (TPSA) is 99.5 Å². The number of hydrogen-bond acceptors (Lipinski definition) is 4. The summed E-state index contributed by atoms with van der Waals surface area (Å²) in [4.78, 5) is 26.9. The molecule has 1 aliphatic carbocycles. The van der Waals surface area contributed by atoms with E-state index < -0.39 is 11.9 Å². The molecule has 1 heterocycles. The molecule has 2 rings (SSSR count). The van der Waals surface area contributed by atoms with Crippen molar-refractivity contribution in [2.45, 2.75) is 31.8 Å². The van der Waals surface area contributed by atoms with Crippen LogP contribution in [-0.2, 0) is 0 Å². The molecule has 2 atom stereocenters. The number of hydrogen-bond donors (Lipinski definition) is 3. The van der Waals surface area contributed by atoms with E-state index in [-0.39, 0.29) is 23.3 Å². The summed E-state index contributed by atoms with van der Waals surface area (Å²) < 4.78 is 0. The first-order valence-electron chi connectivity index (χ1n) is 6.72. The number of pyridine rings is 1. The lowest BCUT2D eigenvalue weighted by Gasteiger charge is -2.25. The first kappa shape index (κ1) is 14.5. The third-order valence-corrected chi connectivity index (χ3v) is 3.56. The molecule has 0 radical (unpaired) electrons. The minimum absolute atomic E-state index is 0.0728. The van der Waals surface area contributed by atoms with Gasteiger partial charge >= 0.3 is 5.97 Å². The van der Waals surface area contributed by atoms with Gasteiger partial charge in [0.1, 0.15) is 5.69 Å². The van der Waals surface area contributed by atoms with Crippen molar-refractivity contribution < 1.29 is 19.8 Å². The van der Waals surface area contributed by atoms with Gasteiger partial charge in [-0.1, -0.05) is 6.42 Å². The maximum absolute atomic E-state index is 12.0. The Morgan fingerprint density at radius 1 is 1.40 bits per heavy atom. The second-order valence-corrected chi connectivity index (χ2v) is 5.10. The lowest BCUT2D eigenvalue weighted by atomic mass is 9.87. The molecule has 0 aliphatic heterocycles. The van der Waals surface area contributed by atoms with Gasteiger partial charge < -0.3 is 15.5 Å². The molecule has 0 saturated heterocycles. The average Bonchev–Trinajstić information content (AvgIpc) is 2.45. The second-order valence-electron chi connectivity index (χ2n) is 5.10. The summed E-state index contributed by atoms with van der Waals surface area (Å²) in [5.41, 5.74) is -0.176. The summed E-state index contributed by atoms with van der Waals surface area (Å²) >= 11 is 0. The highest BCUT2D eigenvalue weighted by atomic mass is 16.4. The number of aliphatic hydroxyl groups excluding tert-OH is 1. The van der Waals surface area contributed by atoms with Gasteiger partial charge in [0.15, 0.2) is 0 Å². The molecule has 1 aromatic rings. The van der Waals surface area contributed by atoms with Gasteiger partial charge in [-0.15, -0.1) is 0 Å². The number of nitrogens with one attached hydrogen (secondary N) is 1. The molecule has 2 unspecified atom stereocenters. The number of aliphatic hydroxyl groups is 1. The van der Waals surface area contributed by atoms with Crippen molar-refractivity contribution in [3.63, 3.8) is 0 Å². The Morgan fingerprint density at radius 2 is 2.20 bits per heavy atom. The Labute approximate surface area is 116 Å². The van der Waals surface area contributed by atoms with Gasteiger partial charge in [0.25, 0.3) is 5.91 Å². The number of carboxylic acids is 1. The second kappa shape index (κ2) is 6.47. The number of nitrogens with zero attached hydrogens (tertiary/aromatic N) is 1. The van der Waals surface area contributed by atoms with Crippen LogP contribution >= 0.6 is 0 Å². The fourth-order valence-electron chi connectivity index (χ4n) is 2.53. The lowest BCUT2D eigenvalue weighted by Crippen LogP contribution is -2.34. The van der Waals surface area contributed by atoms with Gasteiger partial charge in [-0.25, -0.2) is 4.79 Å². The quantitative estimate of drug-likeness (QED) is 0.764. The van der Waals surface area contributed by atoms with Crippen LogP contribution in [0.2, 0.25) is 0 Å². The smallest absolute Gasteiger partial charge is 0.338 e. The minimum Gasteiger partial charge on any atom is -0.478 e. The third-order valence-electron chi connectivity index (χ3n) is 3.56. The van der Waals surface area contributed by atoms with Gasteiger partial charge in [-0.2, -0.15) is 0 Å². The molecule has 6 heteroatoms. The number of rotatable bonds is 4. The molecule has 6 nitrogen and oxygen atoms in total. The highest BCUT2D eigenvalue weighted by Crippen LogP contribution is 2.23. The first-order valence-corrected chi connectivity index (χ1v) is 6.72. The number of amides is 1. The summed E-state index contributed by atoms with van der Waals surface area (Å²) in [6, 6.07) is 2.84. The van der Waals surface area contributed by atoms with Crippen molar-refractivity contribution in [3.05, 3.63) is 29.6 Å². The van der Waals surface area contributed by atoms with Crippen molar-refractivity contribution in [3.8, 4) is 0 Å². The van der Waals surface area contributed by atoms with Crippen LogP contribution < -0.4 is 5.32 Å². The fourth-order valence-corrected chi connectivity index (χ4v) is 2.53. The van der Waals surface area contributed by atoms with Gasteiger partial charge in [0, 0.05) is 12.7 Å². The first-order chi connectivity index (χ1) is 9.58. The van der Waals surface area contributed by atoms with E-state index in [0.717, 1.165) is 19.3 Å². The zero-order valence-electron chi connectivity index (χ0n) is 11.1. The van der Waals surface area contributed by atoms with E-state index in [4.69, 9.17) is 5.11 Å². The summed E-state index contributed by atoms with van der Waals surface area (Å²) in [5.74, 6) is -1.42. The Bertz CT molecular complexity index is 504. The average molecular weight is 278 g/mol. The molecule has 0 spiro atoms. The monoisotopic (exact) mass is 278 g/mol. The van der Waals surface area contributed by atoms with Crippen LogP contribution in [0.25, 0.3) is 0 Å². The van der Waals surface area contributed by atoms with Crippen LogP contribution in [0.15, 0.2) is 18.3 Å². The van der Waals surface area contributed by atoms with E-state index in [1.54, 1.807) is 0 Å². The molecule has 1 fully saturated rings. The van der Waals surface area contributed by atoms with Crippen LogP contribution in [-0.4, -0.2) is 39.7 Å². The van der Waals surface area contributed by atoms with Crippen LogP contribution in [0.3, 0.4) is 0 Å². The van der Waals surface area contributed by atoms with Crippen molar-refractivity contribution in [2.24, 2.45) is 5.92 Å². The molecular formula is C14H18N2O4.